The van der Waals surface area contributed by atoms with Gasteiger partial charge in [0.05, 0.1) is 7.11 Å². The first-order valence-corrected chi connectivity index (χ1v) is 11.1. The zero-order chi connectivity index (χ0) is 22.5. The van der Waals surface area contributed by atoms with Crippen LogP contribution in [-0.4, -0.2) is 42.9 Å². The van der Waals surface area contributed by atoms with Crippen LogP contribution in [0.2, 0.25) is 0 Å². The van der Waals surface area contributed by atoms with E-state index in [0.717, 1.165) is 59.6 Å². The predicted octanol–water partition coefficient (Wildman–Crippen LogP) is 2.93. The van der Waals surface area contributed by atoms with Gasteiger partial charge in [-0.25, -0.2) is 4.79 Å². The molecular formula is C25H27N3O4. The summed E-state index contributed by atoms with van der Waals surface area (Å²) in [5.41, 5.74) is 3.99. The van der Waals surface area contributed by atoms with E-state index in [-0.39, 0.29) is 18.4 Å². The summed E-state index contributed by atoms with van der Waals surface area (Å²) < 4.78 is 5.30. The number of nitrogens with zero attached hydrogens (tertiary/aromatic N) is 2. The summed E-state index contributed by atoms with van der Waals surface area (Å²) in [7, 11) is 1.61. The van der Waals surface area contributed by atoms with Gasteiger partial charge in [0, 0.05) is 12.2 Å². The molecule has 0 bridgehead atoms. The molecule has 166 valence electrons. The fourth-order valence-corrected chi connectivity index (χ4v) is 5.10. The summed E-state index contributed by atoms with van der Waals surface area (Å²) in [5, 5.41) is 2.83. The lowest BCUT2D eigenvalue weighted by molar-refractivity contribution is -0.134. The summed E-state index contributed by atoms with van der Waals surface area (Å²) in [6.45, 7) is 2.00. The molecule has 1 atom stereocenters. The van der Waals surface area contributed by atoms with Gasteiger partial charge in [-0.05, 0) is 79.5 Å². The van der Waals surface area contributed by atoms with Crippen LogP contribution in [0.4, 0.5) is 10.5 Å². The van der Waals surface area contributed by atoms with Gasteiger partial charge in [0.25, 0.3) is 5.91 Å². The Morgan fingerprint density at radius 2 is 1.81 bits per heavy atom. The highest BCUT2D eigenvalue weighted by Gasteiger charge is 2.50. The van der Waals surface area contributed by atoms with Crippen molar-refractivity contribution in [1.29, 1.82) is 0 Å². The standard InChI is InChI=1S/C25H27N3O4/c1-25(19-9-8-16-5-3-6-17(16)13-19)23(30)28(24(31)26-25)15-22(29)27-12-4-7-18-14-20(32-2)10-11-21(18)27/h8-11,13-14H,3-7,12,15H2,1-2H3,(H,26,31)/t25-/m0/s1. The van der Waals surface area contributed by atoms with Crippen LogP contribution in [0.5, 0.6) is 5.75 Å². The van der Waals surface area contributed by atoms with Gasteiger partial charge in [0.15, 0.2) is 0 Å². The summed E-state index contributed by atoms with van der Waals surface area (Å²) in [6.07, 6.45) is 4.83. The summed E-state index contributed by atoms with van der Waals surface area (Å²) >= 11 is 0. The van der Waals surface area contributed by atoms with E-state index >= 15 is 0 Å². The van der Waals surface area contributed by atoms with Gasteiger partial charge in [0.1, 0.15) is 17.8 Å². The highest BCUT2D eigenvalue weighted by Crippen LogP contribution is 2.34. The molecular weight excluding hydrogens is 406 g/mol. The van der Waals surface area contributed by atoms with Crippen molar-refractivity contribution in [2.75, 3.05) is 25.1 Å². The SMILES string of the molecule is COc1ccc2c(c1)CCCN2C(=O)CN1C(=O)N[C@@](C)(c2ccc3c(c2)CCC3)C1=O. The van der Waals surface area contributed by atoms with Crippen molar-refractivity contribution in [1.82, 2.24) is 10.2 Å². The number of methoxy groups -OCH3 is 1. The minimum atomic E-state index is -1.16. The van der Waals surface area contributed by atoms with Crippen molar-refractivity contribution in [2.45, 2.75) is 44.6 Å². The molecule has 4 amide bonds. The van der Waals surface area contributed by atoms with Crippen molar-refractivity contribution >= 4 is 23.5 Å². The maximum absolute atomic E-state index is 13.3. The monoisotopic (exact) mass is 433 g/mol. The van der Waals surface area contributed by atoms with E-state index in [1.165, 1.54) is 11.1 Å². The number of ether oxygens (including phenoxy) is 1. The number of amides is 4. The number of carbonyl (C=O) groups excluding carboxylic acids is 3. The number of nitrogens with one attached hydrogen (secondary N) is 1. The average Bonchev–Trinajstić information content (AvgIpc) is 3.36. The zero-order valence-electron chi connectivity index (χ0n) is 18.4. The number of carbonyl (C=O) groups is 3. The van der Waals surface area contributed by atoms with Crippen LogP contribution in [0.15, 0.2) is 36.4 Å². The fraction of sp³-hybridized carbons (Fsp3) is 0.400. The molecule has 7 heteroatoms. The van der Waals surface area contributed by atoms with E-state index < -0.39 is 11.6 Å². The van der Waals surface area contributed by atoms with Gasteiger partial charge < -0.3 is 15.0 Å². The van der Waals surface area contributed by atoms with Crippen LogP contribution in [0.3, 0.4) is 0 Å². The lowest BCUT2D eigenvalue weighted by Crippen LogP contribution is -2.46. The third-order valence-electron chi connectivity index (χ3n) is 6.95. The molecule has 32 heavy (non-hydrogen) atoms. The Hall–Kier alpha value is -3.35. The molecule has 1 saturated heterocycles. The van der Waals surface area contributed by atoms with Gasteiger partial charge in [-0.1, -0.05) is 18.2 Å². The Morgan fingerprint density at radius 1 is 1.03 bits per heavy atom. The molecule has 0 unspecified atom stereocenters. The average molecular weight is 434 g/mol. The Labute approximate surface area is 187 Å². The largest absolute Gasteiger partial charge is 0.497 e. The van der Waals surface area contributed by atoms with Crippen LogP contribution in [-0.2, 0) is 34.4 Å². The predicted molar refractivity (Wildman–Crippen MR) is 120 cm³/mol. The fourth-order valence-electron chi connectivity index (χ4n) is 5.10. The van der Waals surface area contributed by atoms with Gasteiger partial charge >= 0.3 is 6.03 Å². The van der Waals surface area contributed by atoms with Crippen molar-refractivity contribution < 1.29 is 19.1 Å². The first-order chi connectivity index (χ1) is 15.4. The number of benzene rings is 2. The maximum Gasteiger partial charge on any atom is 0.325 e. The molecule has 0 radical (unpaired) electrons. The third-order valence-corrected chi connectivity index (χ3v) is 6.95. The van der Waals surface area contributed by atoms with Crippen LogP contribution in [0.25, 0.3) is 0 Å². The molecule has 7 nitrogen and oxygen atoms in total. The molecule has 2 heterocycles. The maximum atomic E-state index is 13.3. The first-order valence-electron chi connectivity index (χ1n) is 11.1. The quantitative estimate of drug-likeness (QED) is 0.752. The van der Waals surface area contributed by atoms with Crippen molar-refractivity contribution in [2.24, 2.45) is 0 Å². The molecule has 0 spiro atoms. The van der Waals surface area contributed by atoms with Crippen molar-refractivity contribution in [3.8, 4) is 5.75 Å². The molecule has 2 aromatic carbocycles. The molecule has 1 aliphatic carbocycles. The number of anilines is 1. The Bertz CT molecular complexity index is 1130. The van der Waals surface area contributed by atoms with E-state index in [9.17, 15) is 14.4 Å². The van der Waals surface area contributed by atoms with Crippen LogP contribution in [0, 0.1) is 0 Å². The lowest BCUT2D eigenvalue weighted by atomic mass is 9.89. The van der Waals surface area contributed by atoms with Crippen molar-refractivity contribution in [3.05, 3.63) is 58.7 Å². The second kappa shape index (κ2) is 7.65. The number of aryl methyl sites for hydroxylation is 3. The summed E-state index contributed by atoms with van der Waals surface area (Å²) in [5.74, 6) is 0.0934. The number of urea groups is 1. The van der Waals surface area contributed by atoms with Gasteiger partial charge in [-0.15, -0.1) is 0 Å². The van der Waals surface area contributed by atoms with E-state index in [0.29, 0.717) is 6.54 Å². The molecule has 1 fully saturated rings. The molecule has 3 aliphatic rings. The topological polar surface area (TPSA) is 79.0 Å². The van der Waals surface area contributed by atoms with Crippen LogP contribution >= 0.6 is 0 Å². The number of hydrogen-bond acceptors (Lipinski definition) is 4. The van der Waals surface area contributed by atoms with Crippen LogP contribution in [0.1, 0.15) is 42.0 Å². The van der Waals surface area contributed by atoms with Gasteiger partial charge in [-0.2, -0.15) is 0 Å². The minimum absolute atomic E-state index is 0.266. The van der Waals surface area contributed by atoms with Gasteiger partial charge in [-0.3, -0.25) is 14.5 Å². The Morgan fingerprint density at radius 3 is 2.62 bits per heavy atom. The normalized spacial score (nSPS) is 21.9. The second-order valence-electron chi connectivity index (χ2n) is 8.93. The first kappa shape index (κ1) is 20.5. The van der Waals surface area contributed by atoms with Gasteiger partial charge in [0.2, 0.25) is 5.91 Å². The number of fused-ring (bicyclic) bond motifs is 2. The molecule has 0 saturated carbocycles. The van der Waals surface area contributed by atoms with Crippen LogP contribution < -0.4 is 15.0 Å². The Kier molecular flexibility index (Phi) is 4.92. The summed E-state index contributed by atoms with van der Waals surface area (Å²) in [6, 6.07) is 11.1. The molecule has 1 N–H and O–H groups in total. The number of rotatable bonds is 4. The van der Waals surface area contributed by atoms with E-state index in [1.807, 2.05) is 30.3 Å². The Balaban J connectivity index is 1.37. The highest BCUT2D eigenvalue weighted by molar-refractivity contribution is 6.10. The number of hydrogen-bond donors (Lipinski definition) is 1. The second-order valence-corrected chi connectivity index (χ2v) is 8.93. The zero-order valence-corrected chi connectivity index (χ0v) is 18.4. The van der Waals surface area contributed by atoms with E-state index in [2.05, 4.69) is 11.4 Å². The highest BCUT2D eigenvalue weighted by atomic mass is 16.5. The molecule has 2 aromatic rings. The minimum Gasteiger partial charge on any atom is -0.497 e. The molecule has 0 aromatic heterocycles. The lowest BCUT2D eigenvalue weighted by Gasteiger charge is -2.31. The molecule has 2 aliphatic heterocycles. The summed E-state index contributed by atoms with van der Waals surface area (Å²) in [4.78, 5) is 42.0. The molecule has 5 rings (SSSR count). The van der Waals surface area contributed by atoms with E-state index in [4.69, 9.17) is 4.74 Å². The van der Waals surface area contributed by atoms with E-state index in [1.54, 1.807) is 18.9 Å². The number of imide groups is 1. The van der Waals surface area contributed by atoms with Crippen molar-refractivity contribution in [3.63, 3.8) is 0 Å². The third kappa shape index (κ3) is 3.23. The smallest absolute Gasteiger partial charge is 0.325 e.